The van der Waals surface area contributed by atoms with Crippen LogP contribution in [0.2, 0.25) is 0 Å². The Kier molecular flexibility index (Phi) is 3.11. The van der Waals surface area contributed by atoms with E-state index in [2.05, 4.69) is 41.9 Å². The SMILES string of the molecule is C=C(Cc1ccccc1)c1ccnc2ccccc12. The maximum absolute atomic E-state index is 4.39. The van der Waals surface area contributed by atoms with Gasteiger partial charge in [-0.25, -0.2) is 0 Å². The molecule has 0 radical (unpaired) electrons. The van der Waals surface area contributed by atoms with Gasteiger partial charge >= 0.3 is 0 Å². The minimum absolute atomic E-state index is 0.870. The summed E-state index contributed by atoms with van der Waals surface area (Å²) in [4.78, 5) is 4.39. The summed E-state index contributed by atoms with van der Waals surface area (Å²) >= 11 is 0. The lowest BCUT2D eigenvalue weighted by Crippen LogP contribution is -1.92. The summed E-state index contributed by atoms with van der Waals surface area (Å²) in [5.74, 6) is 0. The molecule has 92 valence electrons. The van der Waals surface area contributed by atoms with Crippen LogP contribution in [0.1, 0.15) is 11.1 Å². The highest BCUT2D eigenvalue weighted by Crippen LogP contribution is 2.24. The van der Waals surface area contributed by atoms with E-state index in [-0.39, 0.29) is 0 Å². The average molecular weight is 245 g/mol. The minimum atomic E-state index is 0.870. The molecule has 19 heavy (non-hydrogen) atoms. The highest BCUT2D eigenvalue weighted by atomic mass is 14.6. The first-order chi connectivity index (χ1) is 9.34. The highest BCUT2D eigenvalue weighted by Gasteiger charge is 2.05. The molecule has 1 heteroatoms. The molecule has 0 aliphatic heterocycles. The molecule has 0 bridgehead atoms. The number of nitrogens with zero attached hydrogens (tertiary/aromatic N) is 1. The van der Waals surface area contributed by atoms with Crippen molar-refractivity contribution in [3.8, 4) is 0 Å². The van der Waals surface area contributed by atoms with E-state index in [0.29, 0.717) is 0 Å². The standard InChI is InChI=1S/C18H15N/c1-14(13-15-7-3-2-4-8-15)16-11-12-19-18-10-6-5-9-17(16)18/h2-12H,1,13H2. The van der Waals surface area contributed by atoms with Crippen LogP contribution in [-0.4, -0.2) is 4.98 Å². The summed E-state index contributed by atoms with van der Waals surface area (Å²) in [6, 6.07) is 20.7. The van der Waals surface area contributed by atoms with Crippen LogP contribution in [0.3, 0.4) is 0 Å². The van der Waals surface area contributed by atoms with Crippen molar-refractivity contribution >= 4 is 16.5 Å². The zero-order valence-corrected chi connectivity index (χ0v) is 10.7. The Bertz CT molecular complexity index is 709. The molecular formula is C18H15N. The number of pyridine rings is 1. The lowest BCUT2D eigenvalue weighted by molar-refractivity contribution is 1.28. The molecule has 0 N–H and O–H groups in total. The maximum atomic E-state index is 4.39. The molecule has 0 fully saturated rings. The van der Waals surface area contributed by atoms with Gasteiger partial charge in [0.1, 0.15) is 0 Å². The van der Waals surface area contributed by atoms with Crippen molar-refractivity contribution in [3.63, 3.8) is 0 Å². The van der Waals surface area contributed by atoms with Gasteiger partial charge < -0.3 is 0 Å². The van der Waals surface area contributed by atoms with E-state index in [1.165, 1.54) is 16.5 Å². The topological polar surface area (TPSA) is 12.9 Å². The van der Waals surface area contributed by atoms with E-state index in [1.807, 2.05) is 36.5 Å². The number of aromatic nitrogens is 1. The molecule has 0 spiro atoms. The van der Waals surface area contributed by atoms with Gasteiger partial charge in [0.15, 0.2) is 0 Å². The van der Waals surface area contributed by atoms with Gasteiger partial charge in [-0.15, -0.1) is 0 Å². The van der Waals surface area contributed by atoms with E-state index < -0.39 is 0 Å². The molecule has 0 aliphatic rings. The van der Waals surface area contributed by atoms with Crippen LogP contribution >= 0.6 is 0 Å². The zero-order chi connectivity index (χ0) is 13.1. The third-order valence-electron chi connectivity index (χ3n) is 3.29. The first-order valence-corrected chi connectivity index (χ1v) is 6.40. The number of para-hydroxylation sites is 1. The molecule has 3 rings (SSSR count). The van der Waals surface area contributed by atoms with Crippen LogP contribution in [0, 0.1) is 0 Å². The fraction of sp³-hybridized carbons (Fsp3) is 0.0556. The summed E-state index contributed by atoms with van der Waals surface area (Å²) in [6.45, 7) is 4.24. The summed E-state index contributed by atoms with van der Waals surface area (Å²) in [6.07, 6.45) is 2.72. The fourth-order valence-electron chi connectivity index (χ4n) is 2.34. The van der Waals surface area contributed by atoms with Crippen molar-refractivity contribution < 1.29 is 0 Å². The summed E-state index contributed by atoms with van der Waals surface area (Å²) < 4.78 is 0. The van der Waals surface area contributed by atoms with Crippen LogP contribution in [0.15, 0.2) is 73.4 Å². The molecule has 2 aromatic carbocycles. The molecule has 0 saturated carbocycles. The van der Waals surface area contributed by atoms with Crippen LogP contribution in [0.4, 0.5) is 0 Å². The van der Waals surface area contributed by atoms with E-state index in [1.54, 1.807) is 0 Å². The molecule has 1 heterocycles. The predicted molar refractivity (Wildman–Crippen MR) is 80.9 cm³/mol. The molecule has 0 atom stereocenters. The smallest absolute Gasteiger partial charge is 0.0708 e. The lowest BCUT2D eigenvalue weighted by Gasteiger charge is -2.09. The molecule has 1 aromatic heterocycles. The van der Waals surface area contributed by atoms with E-state index in [9.17, 15) is 0 Å². The van der Waals surface area contributed by atoms with Crippen LogP contribution in [0.5, 0.6) is 0 Å². The Hall–Kier alpha value is -2.41. The average Bonchev–Trinajstić information content (AvgIpc) is 2.47. The van der Waals surface area contributed by atoms with Gasteiger partial charge in [-0.05, 0) is 35.3 Å². The molecular weight excluding hydrogens is 230 g/mol. The monoisotopic (exact) mass is 245 g/mol. The third-order valence-corrected chi connectivity index (χ3v) is 3.29. The normalized spacial score (nSPS) is 10.5. The molecule has 0 aliphatic carbocycles. The first-order valence-electron chi connectivity index (χ1n) is 6.40. The quantitative estimate of drug-likeness (QED) is 0.662. The van der Waals surface area contributed by atoms with Crippen LogP contribution in [0.25, 0.3) is 16.5 Å². The second-order valence-electron chi connectivity index (χ2n) is 4.64. The predicted octanol–water partition coefficient (Wildman–Crippen LogP) is 4.49. The Balaban J connectivity index is 1.98. The van der Waals surface area contributed by atoms with Crippen LogP contribution < -0.4 is 0 Å². The van der Waals surface area contributed by atoms with E-state index >= 15 is 0 Å². The summed E-state index contributed by atoms with van der Waals surface area (Å²) in [7, 11) is 0. The van der Waals surface area contributed by atoms with Gasteiger partial charge in [0.25, 0.3) is 0 Å². The number of fused-ring (bicyclic) bond motifs is 1. The minimum Gasteiger partial charge on any atom is -0.256 e. The molecule has 0 unspecified atom stereocenters. The highest BCUT2D eigenvalue weighted by molar-refractivity contribution is 5.91. The number of benzene rings is 2. The largest absolute Gasteiger partial charge is 0.256 e. The van der Waals surface area contributed by atoms with Crippen molar-refractivity contribution in [2.45, 2.75) is 6.42 Å². The van der Waals surface area contributed by atoms with Gasteiger partial charge in [0.2, 0.25) is 0 Å². The molecule has 3 aromatic rings. The fourth-order valence-corrected chi connectivity index (χ4v) is 2.34. The van der Waals surface area contributed by atoms with Crippen LogP contribution in [-0.2, 0) is 6.42 Å². The Morgan fingerprint density at radius 3 is 2.47 bits per heavy atom. The van der Waals surface area contributed by atoms with Gasteiger partial charge in [-0.1, -0.05) is 55.1 Å². The molecule has 1 nitrogen and oxygen atoms in total. The zero-order valence-electron chi connectivity index (χ0n) is 10.7. The first kappa shape index (κ1) is 11.7. The number of allylic oxidation sites excluding steroid dienone is 1. The maximum Gasteiger partial charge on any atom is 0.0708 e. The van der Waals surface area contributed by atoms with E-state index in [4.69, 9.17) is 0 Å². The van der Waals surface area contributed by atoms with Crippen molar-refractivity contribution in [2.24, 2.45) is 0 Å². The number of rotatable bonds is 3. The van der Waals surface area contributed by atoms with Crippen molar-refractivity contribution in [1.29, 1.82) is 0 Å². The van der Waals surface area contributed by atoms with Crippen molar-refractivity contribution in [2.75, 3.05) is 0 Å². The second kappa shape index (κ2) is 5.07. The third kappa shape index (κ3) is 2.41. The Morgan fingerprint density at radius 2 is 1.63 bits per heavy atom. The van der Waals surface area contributed by atoms with Crippen molar-refractivity contribution in [3.05, 3.63) is 84.6 Å². The summed E-state index contributed by atoms with van der Waals surface area (Å²) in [5, 5.41) is 1.17. The molecule has 0 saturated heterocycles. The van der Waals surface area contributed by atoms with Gasteiger partial charge in [0, 0.05) is 11.6 Å². The van der Waals surface area contributed by atoms with Crippen molar-refractivity contribution in [1.82, 2.24) is 4.98 Å². The molecule has 0 amide bonds. The van der Waals surface area contributed by atoms with Gasteiger partial charge in [-0.2, -0.15) is 0 Å². The lowest BCUT2D eigenvalue weighted by atomic mass is 9.97. The summed E-state index contributed by atoms with van der Waals surface area (Å²) in [5.41, 5.74) is 4.63. The van der Waals surface area contributed by atoms with E-state index in [0.717, 1.165) is 17.5 Å². The Morgan fingerprint density at radius 1 is 0.895 bits per heavy atom. The van der Waals surface area contributed by atoms with Gasteiger partial charge in [-0.3, -0.25) is 4.98 Å². The second-order valence-corrected chi connectivity index (χ2v) is 4.64. The van der Waals surface area contributed by atoms with Gasteiger partial charge in [0.05, 0.1) is 5.52 Å². The number of hydrogen-bond donors (Lipinski definition) is 0. The Labute approximate surface area is 113 Å². The number of hydrogen-bond acceptors (Lipinski definition) is 1.